The Bertz CT molecular complexity index is 306. The van der Waals surface area contributed by atoms with E-state index in [1.165, 1.54) is 11.3 Å². The Kier molecular flexibility index (Phi) is 2.12. The van der Waals surface area contributed by atoms with Gasteiger partial charge in [0.2, 0.25) is 0 Å². The SMILES string of the molecule is Cc1c(CC2CCC2O)cnn1C. The van der Waals surface area contributed by atoms with E-state index < -0.39 is 0 Å². The number of aliphatic hydroxyl groups is 1. The molecule has 72 valence electrons. The zero-order valence-corrected chi connectivity index (χ0v) is 8.20. The number of rotatable bonds is 2. The van der Waals surface area contributed by atoms with E-state index in [1.807, 2.05) is 17.9 Å². The normalized spacial score (nSPS) is 27.3. The minimum absolute atomic E-state index is 0.0698. The summed E-state index contributed by atoms with van der Waals surface area (Å²) in [6.45, 7) is 2.08. The van der Waals surface area contributed by atoms with Crippen LogP contribution in [0.4, 0.5) is 0 Å². The lowest BCUT2D eigenvalue weighted by molar-refractivity contribution is 0.0243. The van der Waals surface area contributed by atoms with Crippen LogP contribution in [0.25, 0.3) is 0 Å². The molecular weight excluding hydrogens is 164 g/mol. The van der Waals surface area contributed by atoms with Crippen molar-refractivity contribution in [1.29, 1.82) is 0 Å². The van der Waals surface area contributed by atoms with Gasteiger partial charge in [-0.2, -0.15) is 5.10 Å². The van der Waals surface area contributed by atoms with Crippen molar-refractivity contribution >= 4 is 0 Å². The molecule has 0 amide bonds. The average Bonchev–Trinajstić information content (AvgIpc) is 2.42. The summed E-state index contributed by atoms with van der Waals surface area (Å²) in [5.74, 6) is 0.475. The van der Waals surface area contributed by atoms with Crippen molar-refractivity contribution in [2.45, 2.75) is 32.3 Å². The highest BCUT2D eigenvalue weighted by Crippen LogP contribution is 2.30. The topological polar surface area (TPSA) is 38.1 Å². The molecule has 1 aromatic rings. The Morgan fingerprint density at radius 2 is 2.38 bits per heavy atom. The number of aromatic nitrogens is 2. The highest BCUT2D eigenvalue weighted by Gasteiger charge is 2.29. The minimum Gasteiger partial charge on any atom is -0.393 e. The largest absolute Gasteiger partial charge is 0.393 e. The molecule has 1 heterocycles. The molecule has 0 bridgehead atoms. The summed E-state index contributed by atoms with van der Waals surface area (Å²) in [6, 6.07) is 0. The predicted octanol–water partition coefficient (Wildman–Crippen LogP) is 1.04. The van der Waals surface area contributed by atoms with Gasteiger partial charge < -0.3 is 5.11 Å². The summed E-state index contributed by atoms with van der Waals surface area (Å²) in [4.78, 5) is 0. The Balaban J connectivity index is 2.05. The summed E-state index contributed by atoms with van der Waals surface area (Å²) in [6.07, 6.45) is 4.97. The smallest absolute Gasteiger partial charge is 0.0571 e. The third kappa shape index (κ3) is 1.48. The van der Waals surface area contributed by atoms with Crippen molar-refractivity contribution in [1.82, 2.24) is 9.78 Å². The molecule has 1 N–H and O–H groups in total. The first kappa shape index (κ1) is 8.75. The number of hydrogen-bond acceptors (Lipinski definition) is 2. The van der Waals surface area contributed by atoms with Crippen LogP contribution in [0.1, 0.15) is 24.1 Å². The summed E-state index contributed by atoms with van der Waals surface area (Å²) in [5, 5.41) is 13.6. The van der Waals surface area contributed by atoms with Gasteiger partial charge in [-0.1, -0.05) is 0 Å². The van der Waals surface area contributed by atoms with Crippen LogP contribution in [0.2, 0.25) is 0 Å². The van der Waals surface area contributed by atoms with Crippen molar-refractivity contribution in [3.05, 3.63) is 17.5 Å². The van der Waals surface area contributed by atoms with E-state index in [-0.39, 0.29) is 6.10 Å². The van der Waals surface area contributed by atoms with Crippen molar-refractivity contribution in [2.75, 3.05) is 0 Å². The molecule has 3 nitrogen and oxygen atoms in total. The fourth-order valence-electron chi connectivity index (χ4n) is 1.82. The molecule has 0 radical (unpaired) electrons. The van der Waals surface area contributed by atoms with Gasteiger partial charge in [0.15, 0.2) is 0 Å². The monoisotopic (exact) mass is 180 g/mol. The molecule has 1 aliphatic carbocycles. The van der Waals surface area contributed by atoms with Gasteiger partial charge in [0.25, 0.3) is 0 Å². The lowest BCUT2D eigenvalue weighted by Crippen LogP contribution is -2.32. The third-order valence-corrected chi connectivity index (χ3v) is 3.20. The first-order valence-electron chi connectivity index (χ1n) is 4.84. The maximum Gasteiger partial charge on any atom is 0.0571 e. The Labute approximate surface area is 78.4 Å². The molecule has 0 aromatic carbocycles. The van der Waals surface area contributed by atoms with Crippen LogP contribution in [0.15, 0.2) is 6.20 Å². The summed E-state index contributed by atoms with van der Waals surface area (Å²) in [7, 11) is 1.95. The van der Waals surface area contributed by atoms with E-state index in [9.17, 15) is 5.11 Å². The molecule has 2 unspecified atom stereocenters. The highest BCUT2D eigenvalue weighted by molar-refractivity contribution is 5.17. The van der Waals surface area contributed by atoms with Crippen molar-refractivity contribution in [3.8, 4) is 0 Å². The lowest BCUT2D eigenvalue weighted by atomic mass is 9.78. The maximum atomic E-state index is 9.44. The molecule has 0 saturated heterocycles. The van der Waals surface area contributed by atoms with Crippen LogP contribution in [0.3, 0.4) is 0 Å². The van der Waals surface area contributed by atoms with Crippen LogP contribution in [0, 0.1) is 12.8 Å². The van der Waals surface area contributed by atoms with Gasteiger partial charge >= 0.3 is 0 Å². The highest BCUT2D eigenvalue weighted by atomic mass is 16.3. The summed E-state index contributed by atoms with van der Waals surface area (Å²) >= 11 is 0. The zero-order valence-electron chi connectivity index (χ0n) is 8.20. The van der Waals surface area contributed by atoms with Gasteiger partial charge in [0.05, 0.1) is 12.3 Å². The maximum absolute atomic E-state index is 9.44. The van der Waals surface area contributed by atoms with E-state index in [1.54, 1.807) is 0 Å². The number of aryl methyl sites for hydroxylation is 1. The summed E-state index contributed by atoms with van der Waals surface area (Å²) < 4.78 is 1.89. The van der Waals surface area contributed by atoms with Gasteiger partial charge in [-0.3, -0.25) is 4.68 Å². The lowest BCUT2D eigenvalue weighted by Gasteiger charge is -2.32. The second-order valence-corrected chi connectivity index (χ2v) is 3.99. The quantitative estimate of drug-likeness (QED) is 0.738. The van der Waals surface area contributed by atoms with Gasteiger partial charge in [-0.15, -0.1) is 0 Å². The van der Waals surface area contributed by atoms with E-state index in [4.69, 9.17) is 0 Å². The van der Waals surface area contributed by atoms with Crippen LogP contribution >= 0.6 is 0 Å². The molecule has 3 heteroatoms. The van der Waals surface area contributed by atoms with Crippen LogP contribution in [-0.4, -0.2) is 21.0 Å². The van der Waals surface area contributed by atoms with E-state index >= 15 is 0 Å². The Hall–Kier alpha value is -0.830. The van der Waals surface area contributed by atoms with E-state index in [0.29, 0.717) is 5.92 Å². The van der Waals surface area contributed by atoms with Gasteiger partial charge in [-0.05, 0) is 37.7 Å². The van der Waals surface area contributed by atoms with Crippen LogP contribution in [-0.2, 0) is 13.5 Å². The molecule has 0 spiro atoms. The molecule has 1 fully saturated rings. The molecule has 2 rings (SSSR count). The van der Waals surface area contributed by atoms with Gasteiger partial charge in [0.1, 0.15) is 0 Å². The predicted molar refractivity (Wildman–Crippen MR) is 50.4 cm³/mol. The first-order chi connectivity index (χ1) is 6.18. The fraction of sp³-hybridized carbons (Fsp3) is 0.700. The molecule has 1 aromatic heterocycles. The van der Waals surface area contributed by atoms with Crippen LogP contribution in [0.5, 0.6) is 0 Å². The first-order valence-corrected chi connectivity index (χ1v) is 4.84. The van der Waals surface area contributed by atoms with Crippen molar-refractivity contribution in [3.63, 3.8) is 0 Å². The third-order valence-electron chi connectivity index (χ3n) is 3.20. The number of nitrogens with zero attached hydrogens (tertiary/aromatic N) is 2. The molecule has 2 atom stereocenters. The van der Waals surface area contributed by atoms with Crippen LogP contribution < -0.4 is 0 Å². The second kappa shape index (κ2) is 3.14. The minimum atomic E-state index is -0.0698. The molecule has 13 heavy (non-hydrogen) atoms. The zero-order chi connectivity index (χ0) is 9.42. The standard InChI is InChI=1S/C10H16N2O/c1-7-9(6-11-12(7)2)5-8-3-4-10(8)13/h6,8,10,13H,3-5H2,1-2H3. The molecule has 0 aliphatic heterocycles. The van der Waals surface area contributed by atoms with Gasteiger partial charge in [0, 0.05) is 12.7 Å². The second-order valence-electron chi connectivity index (χ2n) is 3.99. The van der Waals surface area contributed by atoms with Crippen molar-refractivity contribution < 1.29 is 5.11 Å². The molecule has 1 saturated carbocycles. The number of hydrogen-bond donors (Lipinski definition) is 1. The van der Waals surface area contributed by atoms with Gasteiger partial charge in [-0.25, -0.2) is 0 Å². The Morgan fingerprint density at radius 1 is 1.62 bits per heavy atom. The molecular formula is C10H16N2O. The Morgan fingerprint density at radius 3 is 2.77 bits per heavy atom. The van der Waals surface area contributed by atoms with E-state index in [2.05, 4.69) is 12.0 Å². The number of aliphatic hydroxyl groups excluding tert-OH is 1. The van der Waals surface area contributed by atoms with E-state index in [0.717, 1.165) is 19.3 Å². The summed E-state index contributed by atoms with van der Waals surface area (Å²) in [5.41, 5.74) is 2.50. The van der Waals surface area contributed by atoms with Crippen molar-refractivity contribution in [2.24, 2.45) is 13.0 Å². The average molecular weight is 180 g/mol. The molecule has 1 aliphatic rings. The fourth-order valence-corrected chi connectivity index (χ4v) is 1.82.